The van der Waals surface area contributed by atoms with Crippen LogP contribution in [0.1, 0.15) is 18.1 Å². The van der Waals surface area contributed by atoms with Gasteiger partial charge in [0.1, 0.15) is 11.4 Å². The summed E-state index contributed by atoms with van der Waals surface area (Å²) in [7, 11) is 0. The summed E-state index contributed by atoms with van der Waals surface area (Å²) in [6.07, 6.45) is 0. The van der Waals surface area contributed by atoms with Crippen LogP contribution in [0.2, 0.25) is 0 Å². The molecule has 128 valence electrons. The Morgan fingerprint density at radius 2 is 1.50 bits per heavy atom. The van der Waals surface area contributed by atoms with Crippen LogP contribution in [0.5, 0.6) is 5.75 Å². The standard InChI is InChI=1S/C22H17NO3/c1-16(24)25-22(18-12-6-3-7-13-18)21(17-10-4-2-5-11-17)23-19-14-8-9-15-20(19)26-22/h2-15H,1H3. The van der Waals surface area contributed by atoms with Crippen LogP contribution in [0.3, 0.4) is 0 Å². The maximum atomic E-state index is 12.0. The number of rotatable bonds is 3. The van der Waals surface area contributed by atoms with E-state index in [9.17, 15) is 4.79 Å². The lowest BCUT2D eigenvalue weighted by Crippen LogP contribution is -2.47. The third-order valence-electron chi connectivity index (χ3n) is 4.15. The van der Waals surface area contributed by atoms with E-state index in [2.05, 4.69) is 0 Å². The van der Waals surface area contributed by atoms with Gasteiger partial charge < -0.3 is 9.47 Å². The van der Waals surface area contributed by atoms with Gasteiger partial charge in [-0.15, -0.1) is 0 Å². The Balaban J connectivity index is 2.00. The van der Waals surface area contributed by atoms with Crippen LogP contribution in [0.4, 0.5) is 5.69 Å². The first kappa shape index (κ1) is 16.1. The van der Waals surface area contributed by atoms with E-state index in [0.29, 0.717) is 22.7 Å². The first-order chi connectivity index (χ1) is 12.7. The van der Waals surface area contributed by atoms with Crippen LogP contribution in [-0.4, -0.2) is 11.7 Å². The molecule has 0 saturated heterocycles. The molecule has 0 aromatic heterocycles. The molecule has 0 radical (unpaired) electrons. The fourth-order valence-electron chi connectivity index (χ4n) is 3.07. The molecule has 4 rings (SSSR count). The van der Waals surface area contributed by atoms with Crippen LogP contribution in [0.15, 0.2) is 89.9 Å². The zero-order chi connectivity index (χ0) is 18.0. The van der Waals surface area contributed by atoms with Crippen LogP contribution in [0.25, 0.3) is 0 Å². The second-order valence-electron chi connectivity index (χ2n) is 5.97. The van der Waals surface area contributed by atoms with Crippen LogP contribution in [-0.2, 0) is 15.3 Å². The Morgan fingerprint density at radius 3 is 2.19 bits per heavy atom. The molecule has 1 unspecified atom stereocenters. The Bertz CT molecular complexity index is 967. The van der Waals surface area contributed by atoms with Crippen molar-refractivity contribution in [2.75, 3.05) is 0 Å². The lowest BCUT2D eigenvalue weighted by molar-refractivity contribution is -0.177. The van der Waals surface area contributed by atoms with E-state index in [1.807, 2.05) is 84.9 Å². The number of ether oxygens (including phenoxy) is 2. The highest BCUT2D eigenvalue weighted by atomic mass is 16.7. The van der Waals surface area contributed by atoms with Crippen molar-refractivity contribution in [3.05, 3.63) is 96.1 Å². The van der Waals surface area contributed by atoms with Crippen molar-refractivity contribution in [3.8, 4) is 5.75 Å². The molecule has 0 aliphatic carbocycles. The summed E-state index contributed by atoms with van der Waals surface area (Å²) in [4.78, 5) is 16.8. The molecule has 1 atom stereocenters. The summed E-state index contributed by atoms with van der Waals surface area (Å²) in [6, 6.07) is 26.5. The third kappa shape index (κ3) is 2.75. The molecular weight excluding hydrogens is 326 g/mol. The zero-order valence-electron chi connectivity index (χ0n) is 14.3. The van der Waals surface area contributed by atoms with E-state index in [4.69, 9.17) is 14.5 Å². The molecule has 0 saturated carbocycles. The third-order valence-corrected chi connectivity index (χ3v) is 4.15. The molecule has 0 spiro atoms. The van der Waals surface area contributed by atoms with E-state index in [0.717, 1.165) is 5.56 Å². The van der Waals surface area contributed by atoms with Crippen molar-refractivity contribution >= 4 is 17.4 Å². The number of benzene rings is 3. The van der Waals surface area contributed by atoms with Crippen LogP contribution < -0.4 is 4.74 Å². The summed E-state index contributed by atoms with van der Waals surface area (Å²) < 4.78 is 12.1. The summed E-state index contributed by atoms with van der Waals surface area (Å²) in [5.74, 6) is -1.32. The summed E-state index contributed by atoms with van der Waals surface area (Å²) in [5, 5.41) is 0. The fourth-order valence-corrected chi connectivity index (χ4v) is 3.07. The number of carbonyl (C=O) groups excluding carboxylic acids is 1. The van der Waals surface area contributed by atoms with Gasteiger partial charge in [-0.1, -0.05) is 72.8 Å². The number of para-hydroxylation sites is 2. The minimum absolute atomic E-state index is 0.447. The Kier molecular flexibility index (Phi) is 4.01. The second-order valence-corrected chi connectivity index (χ2v) is 5.97. The number of fused-ring (bicyclic) bond motifs is 1. The Morgan fingerprint density at radius 1 is 0.885 bits per heavy atom. The van der Waals surface area contributed by atoms with E-state index in [1.165, 1.54) is 6.92 Å². The van der Waals surface area contributed by atoms with E-state index in [-0.39, 0.29) is 0 Å². The molecule has 1 aliphatic rings. The molecule has 3 aromatic rings. The highest BCUT2D eigenvalue weighted by Crippen LogP contribution is 2.43. The van der Waals surface area contributed by atoms with Crippen molar-refractivity contribution in [3.63, 3.8) is 0 Å². The van der Waals surface area contributed by atoms with Crippen molar-refractivity contribution in [1.29, 1.82) is 0 Å². The van der Waals surface area contributed by atoms with Crippen molar-refractivity contribution in [2.24, 2.45) is 4.99 Å². The number of hydrogen-bond donors (Lipinski definition) is 0. The van der Waals surface area contributed by atoms with Gasteiger partial charge in [-0.3, -0.25) is 4.79 Å². The molecular formula is C22H17NO3. The van der Waals surface area contributed by atoms with Gasteiger partial charge in [-0.05, 0) is 12.1 Å². The van der Waals surface area contributed by atoms with Gasteiger partial charge in [-0.25, -0.2) is 4.99 Å². The molecule has 3 aromatic carbocycles. The molecule has 0 fully saturated rings. The van der Waals surface area contributed by atoms with Gasteiger partial charge in [0.25, 0.3) is 0 Å². The van der Waals surface area contributed by atoms with Gasteiger partial charge in [0.2, 0.25) is 0 Å². The number of esters is 1. The summed E-state index contributed by atoms with van der Waals surface area (Å²) in [5.41, 5.74) is 2.77. The van der Waals surface area contributed by atoms with Crippen LogP contribution >= 0.6 is 0 Å². The maximum absolute atomic E-state index is 12.0. The quantitative estimate of drug-likeness (QED) is 0.652. The van der Waals surface area contributed by atoms with Gasteiger partial charge in [0.05, 0.1) is 0 Å². The van der Waals surface area contributed by atoms with Crippen LogP contribution in [0, 0.1) is 0 Å². The summed E-state index contributed by atoms with van der Waals surface area (Å²) in [6.45, 7) is 1.37. The lowest BCUT2D eigenvalue weighted by Gasteiger charge is -2.37. The normalized spacial score (nSPS) is 18.3. The highest BCUT2D eigenvalue weighted by molar-refractivity contribution is 6.09. The number of carbonyl (C=O) groups is 1. The lowest BCUT2D eigenvalue weighted by atomic mass is 9.93. The van der Waals surface area contributed by atoms with Gasteiger partial charge >= 0.3 is 11.8 Å². The number of aliphatic imine (C=N–C) groups is 1. The highest BCUT2D eigenvalue weighted by Gasteiger charge is 2.47. The van der Waals surface area contributed by atoms with Gasteiger partial charge in [0.15, 0.2) is 5.75 Å². The van der Waals surface area contributed by atoms with Gasteiger partial charge in [-0.2, -0.15) is 0 Å². The maximum Gasteiger partial charge on any atom is 0.325 e. The largest absolute Gasteiger partial charge is 0.441 e. The van der Waals surface area contributed by atoms with E-state index < -0.39 is 11.8 Å². The van der Waals surface area contributed by atoms with Gasteiger partial charge in [0, 0.05) is 18.1 Å². The van der Waals surface area contributed by atoms with E-state index in [1.54, 1.807) is 0 Å². The molecule has 4 nitrogen and oxygen atoms in total. The predicted molar refractivity (Wildman–Crippen MR) is 99.6 cm³/mol. The molecule has 0 N–H and O–H groups in total. The fraction of sp³-hybridized carbons (Fsp3) is 0.0909. The zero-order valence-corrected chi connectivity index (χ0v) is 14.3. The van der Waals surface area contributed by atoms with Crippen molar-refractivity contribution in [2.45, 2.75) is 12.7 Å². The first-order valence-electron chi connectivity index (χ1n) is 8.37. The minimum atomic E-state index is -1.44. The Hall–Kier alpha value is -3.40. The average Bonchev–Trinajstić information content (AvgIpc) is 2.68. The monoisotopic (exact) mass is 343 g/mol. The molecule has 0 amide bonds. The molecule has 1 heterocycles. The van der Waals surface area contributed by atoms with Crippen molar-refractivity contribution in [1.82, 2.24) is 0 Å². The number of hydrogen-bond acceptors (Lipinski definition) is 4. The SMILES string of the molecule is CC(=O)OC1(c2ccccc2)Oc2ccccc2N=C1c1ccccc1. The first-order valence-corrected chi connectivity index (χ1v) is 8.37. The molecule has 26 heavy (non-hydrogen) atoms. The Labute approximate surface area is 151 Å². The smallest absolute Gasteiger partial charge is 0.325 e. The summed E-state index contributed by atoms with van der Waals surface area (Å²) >= 11 is 0. The number of nitrogens with zero attached hydrogens (tertiary/aromatic N) is 1. The molecule has 0 bridgehead atoms. The molecule has 4 heteroatoms. The molecule has 1 aliphatic heterocycles. The minimum Gasteiger partial charge on any atom is -0.441 e. The van der Waals surface area contributed by atoms with Crippen molar-refractivity contribution < 1.29 is 14.3 Å². The topological polar surface area (TPSA) is 47.9 Å². The average molecular weight is 343 g/mol. The second kappa shape index (κ2) is 6.48. The van der Waals surface area contributed by atoms with E-state index >= 15 is 0 Å². The predicted octanol–water partition coefficient (Wildman–Crippen LogP) is 4.62.